The number of benzene rings is 1. The predicted molar refractivity (Wildman–Crippen MR) is 64.7 cm³/mol. The first-order valence-corrected chi connectivity index (χ1v) is 5.46. The second-order valence-corrected chi connectivity index (χ2v) is 3.62. The molecule has 0 aliphatic carbocycles. The summed E-state index contributed by atoms with van der Waals surface area (Å²) in [6.07, 6.45) is 0.787. The van der Waals surface area contributed by atoms with Gasteiger partial charge >= 0.3 is 5.97 Å². The van der Waals surface area contributed by atoms with Gasteiger partial charge < -0.3 is 15.8 Å². The first kappa shape index (κ1) is 14.1. The number of anilines is 1. The molecule has 0 saturated heterocycles. The summed E-state index contributed by atoms with van der Waals surface area (Å²) in [5.41, 5.74) is 5.50. The van der Waals surface area contributed by atoms with Crippen LogP contribution in [0.1, 0.15) is 23.2 Å². The number of halogens is 1. The van der Waals surface area contributed by atoms with Gasteiger partial charge in [-0.2, -0.15) is 0 Å². The minimum absolute atomic E-state index is 0.0152. The van der Waals surface area contributed by atoms with Gasteiger partial charge in [0.05, 0.1) is 18.4 Å². The Kier molecular flexibility index (Phi) is 5.26. The van der Waals surface area contributed by atoms with Gasteiger partial charge in [-0.3, -0.25) is 4.79 Å². The Morgan fingerprint density at radius 1 is 1.44 bits per heavy atom. The maximum atomic E-state index is 13.0. The van der Waals surface area contributed by atoms with E-state index in [4.69, 9.17) is 5.73 Å². The molecule has 98 valence electrons. The molecule has 3 N–H and O–H groups in total. The van der Waals surface area contributed by atoms with Crippen molar-refractivity contribution in [2.45, 2.75) is 12.8 Å². The second-order valence-electron chi connectivity index (χ2n) is 3.62. The molecule has 5 nitrogen and oxygen atoms in total. The molecule has 0 fully saturated rings. The molecule has 0 aliphatic heterocycles. The molecule has 0 radical (unpaired) electrons. The summed E-state index contributed by atoms with van der Waals surface area (Å²) in [5.74, 6) is -1.56. The smallest absolute Gasteiger partial charge is 0.340 e. The van der Waals surface area contributed by atoms with Crippen LogP contribution in [0.5, 0.6) is 0 Å². The number of rotatable bonds is 5. The number of carbonyl (C=O) groups excluding carboxylic acids is 2. The number of methoxy groups -OCH3 is 1. The van der Waals surface area contributed by atoms with Gasteiger partial charge in [-0.05, 0) is 31.2 Å². The van der Waals surface area contributed by atoms with Crippen molar-refractivity contribution in [1.29, 1.82) is 0 Å². The Bertz CT molecular complexity index is 449. The van der Waals surface area contributed by atoms with Crippen molar-refractivity contribution in [3.8, 4) is 0 Å². The van der Waals surface area contributed by atoms with Crippen molar-refractivity contribution in [2.75, 3.05) is 19.0 Å². The van der Waals surface area contributed by atoms with Crippen molar-refractivity contribution in [2.24, 2.45) is 5.73 Å². The largest absolute Gasteiger partial charge is 0.465 e. The zero-order chi connectivity index (χ0) is 13.5. The van der Waals surface area contributed by atoms with E-state index in [0.717, 1.165) is 12.1 Å². The topological polar surface area (TPSA) is 81.4 Å². The second kappa shape index (κ2) is 6.70. The van der Waals surface area contributed by atoms with Crippen LogP contribution in [0.15, 0.2) is 18.2 Å². The summed E-state index contributed by atoms with van der Waals surface area (Å²) in [7, 11) is 1.19. The number of esters is 1. The van der Waals surface area contributed by atoms with E-state index in [0.29, 0.717) is 13.0 Å². The van der Waals surface area contributed by atoms with Gasteiger partial charge in [-0.15, -0.1) is 0 Å². The van der Waals surface area contributed by atoms with E-state index < -0.39 is 11.8 Å². The van der Waals surface area contributed by atoms with Crippen LogP contribution in [0.4, 0.5) is 10.1 Å². The van der Waals surface area contributed by atoms with Crippen LogP contribution in [-0.4, -0.2) is 25.5 Å². The Morgan fingerprint density at radius 3 is 2.78 bits per heavy atom. The molecule has 0 atom stereocenters. The van der Waals surface area contributed by atoms with E-state index >= 15 is 0 Å². The maximum Gasteiger partial charge on any atom is 0.340 e. The molecule has 6 heteroatoms. The van der Waals surface area contributed by atoms with Crippen LogP contribution < -0.4 is 11.1 Å². The monoisotopic (exact) mass is 254 g/mol. The van der Waals surface area contributed by atoms with Crippen molar-refractivity contribution >= 4 is 17.6 Å². The van der Waals surface area contributed by atoms with Crippen LogP contribution in [0.2, 0.25) is 0 Å². The highest BCUT2D eigenvalue weighted by molar-refractivity contribution is 6.01. The zero-order valence-corrected chi connectivity index (χ0v) is 10.0. The number of amides is 1. The summed E-state index contributed by atoms with van der Waals surface area (Å²) in [4.78, 5) is 22.9. The molecule has 0 spiro atoms. The van der Waals surface area contributed by atoms with Crippen LogP contribution >= 0.6 is 0 Å². The number of hydrogen-bond donors (Lipinski definition) is 2. The molecule has 0 heterocycles. The molecule has 0 aliphatic rings. The standard InChI is InChI=1S/C12H15FN2O3/c1-18-12(17)9-7-8(13)4-5-10(9)15-11(16)3-2-6-14/h4-5,7H,2-3,6,14H2,1H3,(H,15,16). The Labute approximate surface area is 104 Å². The molecule has 0 bridgehead atoms. The highest BCUT2D eigenvalue weighted by Gasteiger charge is 2.14. The Hall–Kier alpha value is -1.95. The number of carbonyl (C=O) groups is 2. The van der Waals surface area contributed by atoms with Crippen LogP contribution in [0.25, 0.3) is 0 Å². The van der Waals surface area contributed by atoms with E-state index in [1.165, 1.54) is 13.2 Å². The van der Waals surface area contributed by atoms with Crippen LogP contribution in [0.3, 0.4) is 0 Å². The zero-order valence-electron chi connectivity index (χ0n) is 10.0. The lowest BCUT2D eigenvalue weighted by atomic mass is 10.1. The van der Waals surface area contributed by atoms with E-state index in [9.17, 15) is 14.0 Å². The fourth-order valence-electron chi connectivity index (χ4n) is 1.38. The first-order chi connectivity index (χ1) is 8.58. The quantitative estimate of drug-likeness (QED) is 0.776. The van der Waals surface area contributed by atoms with Gasteiger partial charge in [0.25, 0.3) is 0 Å². The van der Waals surface area contributed by atoms with Gasteiger partial charge in [0.2, 0.25) is 5.91 Å². The summed E-state index contributed by atoms with van der Waals surface area (Å²) >= 11 is 0. The Balaban J connectivity index is 2.87. The summed E-state index contributed by atoms with van der Waals surface area (Å²) < 4.78 is 17.6. The molecule has 1 aromatic rings. The minimum Gasteiger partial charge on any atom is -0.465 e. The summed E-state index contributed by atoms with van der Waals surface area (Å²) in [5, 5.41) is 2.53. The first-order valence-electron chi connectivity index (χ1n) is 5.46. The number of hydrogen-bond acceptors (Lipinski definition) is 4. The fourth-order valence-corrected chi connectivity index (χ4v) is 1.38. The lowest BCUT2D eigenvalue weighted by molar-refractivity contribution is -0.116. The molecular weight excluding hydrogens is 239 g/mol. The highest BCUT2D eigenvalue weighted by atomic mass is 19.1. The average Bonchev–Trinajstić information content (AvgIpc) is 2.37. The predicted octanol–water partition coefficient (Wildman–Crippen LogP) is 1.29. The molecule has 0 unspecified atom stereocenters. The van der Waals surface area contributed by atoms with Crippen molar-refractivity contribution < 1.29 is 18.7 Å². The lowest BCUT2D eigenvalue weighted by Crippen LogP contribution is -2.16. The SMILES string of the molecule is COC(=O)c1cc(F)ccc1NC(=O)CCCN. The van der Waals surface area contributed by atoms with Crippen LogP contribution in [-0.2, 0) is 9.53 Å². The fraction of sp³-hybridized carbons (Fsp3) is 0.333. The minimum atomic E-state index is -0.705. The van der Waals surface area contributed by atoms with Gasteiger partial charge in [0.15, 0.2) is 0 Å². The summed E-state index contributed by atoms with van der Waals surface area (Å²) in [6.45, 7) is 0.403. The van der Waals surface area contributed by atoms with Gasteiger partial charge in [0, 0.05) is 6.42 Å². The van der Waals surface area contributed by atoms with Gasteiger partial charge in [-0.1, -0.05) is 0 Å². The summed E-state index contributed by atoms with van der Waals surface area (Å²) in [6, 6.07) is 3.50. The van der Waals surface area contributed by atoms with E-state index in [1.54, 1.807) is 0 Å². The third kappa shape index (κ3) is 3.81. The molecule has 18 heavy (non-hydrogen) atoms. The maximum absolute atomic E-state index is 13.0. The van der Waals surface area contributed by atoms with E-state index in [-0.39, 0.29) is 23.6 Å². The van der Waals surface area contributed by atoms with Crippen LogP contribution in [0, 0.1) is 5.82 Å². The molecule has 1 amide bonds. The normalized spacial score (nSPS) is 9.94. The molecule has 0 saturated carbocycles. The number of nitrogens with one attached hydrogen (secondary N) is 1. The van der Waals surface area contributed by atoms with Gasteiger partial charge in [0.1, 0.15) is 5.82 Å². The van der Waals surface area contributed by atoms with Crippen molar-refractivity contribution in [1.82, 2.24) is 0 Å². The third-order valence-electron chi connectivity index (χ3n) is 2.27. The highest BCUT2D eigenvalue weighted by Crippen LogP contribution is 2.18. The molecule has 1 rings (SSSR count). The number of ether oxygens (including phenoxy) is 1. The molecular formula is C12H15FN2O3. The van der Waals surface area contributed by atoms with Crippen molar-refractivity contribution in [3.05, 3.63) is 29.6 Å². The molecule has 0 aromatic heterocycles. The molecule has 1 aromatic carbocycles. The Morgan fingerprint density at radius 2 is 2.17 bits per heavy atom. The van der Waals surface area contributed by atoms with Gasteiger partial charge in [-0.25, -0.2) is 9.18 Å². The third-order valence-corrected chi connectivity index (χ3v) is 2.27. The van der Waals surface area contributed by atoms with Crippen molar-refractivity contribution in [3.63, 3.8) is 0 Å². The van der Waals surface area contributed by atoms with E-state index in [2.05, 4.69) is 10.1 Å². The van der Waals surface area contributed by atoms with E-state index in [1.807, 2.05) is 0 Å². The number of nitrogens with two attached hydrogens (primary N) is 1. The lowest BCUT2D eigenvalue weighted by Gasteiger charge is -2.09. The average molecular weight is 254 g/mol.